The van der Waals surface area contributed by atoms with Gasteiger partial charge in [-0.15, -0.1) is 0 Å². The molecule has 2 aromatic rings. The van der Waals surface area contributed by atoms with Crippen molar-refractivity contribution in [3.05, 3.63) is 35.5 Å². The van der Waals surface area contributed by atoms with Crippen molar-refractivity contribution in [2.45, 2.75) is 6.42 Å². The molecule has 0 aliphatic carbocycles. The van der Waals surface area contributed by atoms with Gasteiger partial charge in [0.1, 0.15) is 11.6 Å². The largest absolute Gasteiger partial charge is 0.481 e. The smallest absolute Gasteiger partial charge is 0.307 e. The van der Waals surface area contributed by atoms with E-state index in [-0.39, 0.29) is 22.9 Å². The fourth-order valence-corrected chi connectivity index (χ4v) is 1.54. The van der Waals surface area contributed by atoms with Crippen molar-refractivity contribution >= 4 is 16.9 Å². The van der Waals surface area contributed by atoms with Crippen LogP contribution in [0.25, 0.3) is 10.9 Å². The van der Waals surface area contributed by atoms with E-state index in [1.54, 1.807) is 0 Å². The number of nitrogens with one attached hydrogen (secondary N) is 1. The summed E-state index contributed by atoms with van der Waals surface area (Å²) in [6.45, 7) is 0. The Morgan fingerprint density at radius 1 is 1.33 bits per heavy atom. The van der Waals surface area contributed by atoms with Gasteiger partial charge >= 0.3 is 5.97 Å². The maximum atomic E-state index is 13.3. The highest BCUT2D eigenvalue weighted by Gasteiger charge is 2.14. The summed E-state index contributed by atoms with van der Waals surface area (Å²) in [6, 6.07) is 1.98. The number of aromatic nitrogens is 1. The molecule has 0 saturated carbocycles. The SMILES string of the molecule is O=C(O)Cc1c[nH]c2c(F)ccc(F)c12. The maximum Gasteiger partial charge on any atom is 0.307 e. The lowest BCUT2D eigenvalue weighted by Gasteiger charge is -1.97. The van der Waals surface area contributed by atoms with Crippen LogP contribution in [-0.4, -0.2) is 16.1 Å². The molecule has 0 spiro atoms. The standard InChI is InChI=1S/C10H7F2NO2/c11-6-1-2-7(12)10-9(6)5(4-13-10)3-8(14)15/h1-2,4,13H,3H2,(H,14,15). The second-order valence-corrected chi connectivity index (χ2v) is 3.16. The number of hydrogen-bond donors (Lipinski definition) is 2. The summed E-state index contributed by atoms with van der Waals surface area (Å²) in [5.41, 5.74) is 0.251. The van der Waals surface area contributed by atoms with E-state index in [2.05, 4.69) is 4.98 Å². The van der Waals surface area contributed by atoms with Gasteiger partial charge in [-0.1, -0.05) is 0 Å². The molecule has 78 valence electrons. The minimum absolute atomic E-state index is 0.00579. The number of carboxylic acid groups (broad SMARTS) is 1. The molecule has 1 heterocycles. The molecular formula is C10H7F2NO2. The van der Waals surface area contributed by atoms with Crippen molar-refractivity contribution in [2.75, 3.05) is 0 Å². The van der Waals surface area contributed by atoms with E-state index in [0.717, 1.165) is 12.1 Å². The second-order valence-electron chi connectivity index (χ2n) is 3.16. The van der Waals surface area contributed by atoms with Gasteiger partial charge in [0.15, 0.2) is 0 Å². The maximum absolute atomic E-state index is 13.3. The number of hydrogen-bond acceptors (Lipinski definition) is 1. The van der Waals surface area contributed by atoms with Gasteiger partial charge in [0.05, 0.1) is 11.9 Å². The first-order valence-corrected chi connectivity index (χ1v) is 4.25. The zero-order valence-corrected chi connectivity index (χ0v) is 7.55. The van der Waals surface area contributed by atoms with Crippen molar-refractivity contribution in [2.24, 2.45) is 0 Å². The Bertz CT molecular complexity index is 533. The lowest BCUT2D eigenvalue weighted by molar-refractivity contribution is -0.136. The molecule has 2 N–H and O–H groups in total. The first-order valence-electron chi connectivity index (χ1n) is 4.25. The average molecular weight is 211 g/mol. The molecule has 2 rings (SSSR count). The molecule has 15 heavy (non-hydrogen) atoms. The highest BCUT2D eigenvalue weighted by atomic mass is 19.1. The Balaban J connectivity index is 2.67. The van der Waals surface area contributed by atoms with Gasteiger partial charge in [-0.05, 0) is 17.7 Å². The molecule has 0 bridgehead atoms. The molecule has 0 aliphatic heterocycles. The predicted molar refractivity (Wildman–Crippen MR) is 49.6 cm³/mol. The third-order valence-electron chi connectivity index (χ3n) is 2.16. The minimum atomic E-state index is -1.08. The highest BCUT2D eigenvalue weighted by molar-refractivity contribution is 5.87. The van der Waals surface area contributed by atoms with E-state index in [1.165, 1.54) is 6.20 Å². The van der Waals surface area contributed by atoms with Crippen molar-refractivity contribution in [3.63, 3.8) is 0 Å². The van der Waals surface area contributed by atoms with E-state index >= 15 is 0 Å². The Kier molecular flexibility index (Phi) is 2.15. The second kappa shape index (κ2) is 3.34. The van der Waals surface area contributed by atoms with Crippen LogP contribution in [0, 0.1) is 11.6 Å². The first kappa shape index (κ1) is 9.64. The van der Waals surface area contributed by atoms with Gasteiger partial charge < -0.3 is 10.1 Å². The highest BCUT2D eigenvalue weighted by Crippen LogP contribution is 2.24. The Labute approximate surface area is 83.3 Å². The third-order valence-corrected chi connectivity index (χ3v) is 2.16. The molecular weight excluding hydrogens is 204 g/mol. The quantitative estimate of drug-likeness (QED) is 0.798. The monoisotopic (exact) mass is 211 g/mol. The number of carbonyl (C=O) groups is 1. The molecule has 0 aliphatic rings. The number of aliphatic carboxylic acids is 1. The third kappa shape index (κ3) is 1.56. The lowest BCUT2D eigenvalue weighted by atomic mass is 10.1. The normalized spacial score (nSPS) is 10.8. The predicted octanol–water partition coefficient (Wildman–Crippen LogP) is 2.07. The molecule has 3 nitrogen and oxygen atoms in total. The van der Waals surface area contributed by atoms with Crippen LogP contribution in [0.4, 0.5) is 8.78 Å². The molecule has 5 heteroatoms. The fraction of sp³-hybridized carbons (Fsp3) is 0.100. The average Bonchev–Trinajstić information content (AvgIpc) is 2.56. The number of H-pyrrole nitrogens is 1. The number of fused-ring (bicyclic) bond motifs is 1. The topological polar surface area (TPSA) is 53.1 Å². The van der Waals surface area contributed by atoms with E-state index in [1.807, 2.05) is 0 Å². The number of halogens is 2. The summed E-state index contributed by atoms with van der Waals surface area (Å²) in [7, 11) is 0. The molecule has 0 radical (unpaired) electrons. The molecule has 0 fully saturated rings. The van der Waals surface area contributed by atoms with Crippen LogP contribution in [0.15, 0.2) is 18.3 Å². The Morgan fingerprint density at radius 3 is 2.67 bits per heavy atom. The van der Waals surface area contributed by atoms with Crippen LogP contribution >= 0.6 is 0 Å². The summed E-state index contributed by atoms with van der Waals surface area (Å²) >= 11 is 0. The van der Waals surface area contributed by atoms with Crippen molar-refractivity contribution in [1.82, 2.24) is 4.98 Å². The van der Waals surface area contributed by atoms with Gasteiger partial charge in [0, 0.05) is 11.6 Å². The summed E-state index contributed by atoms with van der Waals surface area (Å²) in [5.74, 6) is -2.30. The molecule has 0 amide bonds. The van der Waals surface area contributed by atoms with Crippen LogP contribution in [0.5, 0.6) is 0 Å². The number of rotatable bonds is 2. The van der Waals surface area contributed by atoms with Crippen LogP contribution in [0.2, 0.25) is 0 Å². The number of benzene rings is 1. The fourth-order valence-electron chi connectivity index (χ4n) is 1.54. The van der Waals surface area contributed by atoms with Crippen LogP contribution in [0.1, 0.15) is 5.56 Å². The molecule has 1 aromatic heterocycles. The molecule has 0 unspecified atom stereocenters. The molecule has 0 saturated heterocycles. The van der Waals surface area contributed by atoms with E-state index in [0.29, 0.717) is 0 Å². The van der Waals surface area contributed by atoms with Gasteiger partial charge in [0.25, 0.3) is 0 Å². The molecule has 1 aromatic carbocycles. The summed E-state index contributed by atoms with van der Waals surface area (Å²) < 4.78 is 26.5. The van der Waals surface area contributed by atoms with E-state index in [9.17, 15) is 13.6 Å². The Hall–Kier alpha value is -1.91. The summed E-state index contributed by atoms with van der Waals surface area (Å²) in [6.07, 6.45) is 0.977. The molecule has 0 atom stereocenters. The van der Waals surface area contributed by atoms with Crippen LogP contribution < -0.4 is 0 Å². The van der Waals surface area contributed by atoms with Gasteiger partial charge in [-0.25, -0.2) is 8.78 Å². The zero-order valence-electron chi connectivity index (χ0n) is 7.55. The van der Waals surface area contributed by atoms with E-state index in [4.69, 9.17) is 5.11 Å². The van der Waals surface area contributed by atoms with Gasteiger partial charge in [-0.2, -0.15) is 0 Å². The van der Waals surface area contributed by atoms with Crippen LogP contribution in [-0.2, 0) is 11.2 Å². The number of carboxylic acids is 1. The van der Waals surface area contributed by atoms with Crippen molar-refractivity contribution in [1.29, 1.82) is 0 Å². The van der Waals surface area contributed by atoms with E-state index < -0.39 is 17.6 Å². The zero-order chi connectivity index (χ0) is 11.0. The minimum Gasteiger partial charge on any atom is -0.481 e. The van der Waals surface area contributed by atoms with Crippen LogP contribution in [0.3, 0.4) is 0 Å². The summed E-state index contributed by atoms with van der Waals surface area (Å²) in [5, 5.41) is 8.59. The van der Waals surface area contributed by atoms with Gasteiger partial charge in [-0.3, -0.25) is 4.79 Å². The van der Waals surface area contributed by atoms with Crippen molar-refractivity contribution in [3.8, 4) is 0 Å². The van der Waals surface area contributed by atoms with Crippen molar-refractivity contribution < 1.29 is 18.7 Å². The Morgan fingerprint density at radius 2 is 2.00 bits per heavy atom. The van der Waals surface area contributed by atoms with Gasteiger partial charge in [0.2, 0.25) is 0 Å². The number of aromatic amines is 1. The first-order chi connectivity index (χ1) is 7.09. The summed E-state index contributed by atoms with van der Waals surface area (Å²) in [4.78, 5) is 13.0. The lowest BCUT2D eigenvalue weighted by Crippen LogP contribution is -1.99.